The van der Waals surface area contributed by atoms with Gasteiger partial charge in [-0.05, 0) is 49.8 Å². The van der Waals surface area contributed by atoms with Gasteiger partial charge in [-0.25, -0.2) is 4.79 Å². The molecule has 0 radical (unpaired) electrons. The lowest BCUT2D eigenvalue weighted by Gasteiger charge is -2.36. The van der Waals surface area contributed by atoms with Gasteiger partial charge in [0.05, 0.1) is 19.6 Å². The number of esters is 1. The molecule has 1 aromatic rings. The lowest BCUT2D eigenvalue weighted by Crippen LogP contribution is -2.51. The Morgan fingerprint density at radius 1 is 1.06 bits per heavy atom. The van der Waals surface area contributed by atoms with E-state index in [1.54, 1.807) is 24.3 Å². The van der Waals surface area contributed by atoms with Crippen molar-refractivity contribution in [3.05, 3.63) is 29.8 Å². The number of likely N-dealkylation sites (tertiary alicyclic amines) is 2. The predicted molar refractivity (Wildman–Crippen MR) is 119 cm³/mol. The molecule has 0 spiro atoms. The van der Waals surface area contributed by atoms with Crippen LogP contribution in [0.15, 0.2) is 24.3 Å². The summed E-state index contributed by atoms with van der Waals surface area (Å²) < 4.78 is 10.3. The fourth-order valence-corrected chi connectivity index (χ4v) is 5.65. The molecule has 3 fully saturated rings. The summed E-state index contributed by atoms with van der Waals surface area (Å²) in [5, 5.41) is 0. The van der Waals surface area contributed by atoms with Crippen molar-refractivity contribution >= 4 is 23.7 Å². The summed E-state index contributed by atoms with van der Waals surface area (Å²) in [6.45, 7) is 0.432. The van der Waals surface area contributed by atoms with E-state index in [9.17, 15) is 19.2 Å². The van der Waals surface area contributed by atoms with Gasteiger partial charge in [0, 0.05) is 25.4 Å². The molecule has 8 nitrogen and oxygen atoms in total. The van der Waals surface area contributed by atoms with Crippen LogP contribution in [-0.2, 0) is 29.3 Å². The average molecular weight is 457 g/mol. The number of amides is 3. The van der Waals surface area contributed by atoms with Gasteiger partial charge in [0.25, 0.3) is 0 Å². The van der Waals surface area contributed by atoms with E-state index in [0.29, 0.717) is 24.3 Å². The van der Waals surface area contributed by atoms with Crippen LogP contribution in [0.1, 0.15) is 63.4 Å². The zero-order valence-electron chi connectivity index (χ0n) is 19.4. The summed E-state index contributed by atoms with van der Waals surface area (Å²) in [4.78, 5) is 56.0. The van der Waals surface area contributed by atoms with Gasteiger partial charge in [0.1, 0.15) is 11.8 Å². The van der Waals surface area contributed by atoms with Crippen molar-refractivity contribution in [2.24, 2.45) is 0 Å². The zero-order chi connectivity index (χ0) is 23.6. The van der Waals surface area contributed by atoms with E-state index in [4.69, 9.17) is 9.47 Å². The molecule has 2 atom stereocenters. The maximum Gasteiger partial charge on any atom is 0.328 e. The molecular formula is C25H32N2O6. The van der Waals surface area contributed by atoms with Crippen molar-refractivity contribution in [3.8, 4) is 5.75 Å². The second kappa shape index (κ2) is 9.53. The second-order valence-corrected chi connectivity index (χ2v) is 9.30. The molecule has 178 valence electrons. The molecule has 2 heterocycles. The van der Waals surface area contributed by atoms with Crippen LogP contribution >= 0.6 is 0 Å². The first kappa shape index (κ1) is 23.3. The smallest absolute Gasteiger partial charge is 0.328 e. The van der Waals surface area contributed by atoms with Gasteiger partial charge in [-0.2, -0.15) is 0 Å². The van der Waals surface area contributed by atoms with Crippen molar-refractivity contribution in [2.45, 2.75) is 75.3 Å². The molecule has 4 rings (SSSR count). The van der Waals surface area contributed by atoms with Gasteiger partial charge in [0.15, 0.2) is 0 Å². The molecule has 3 amide bonds. The number of nitrogens with zero attached hydrogens (tertiary/aromatic N) is 2. The third-order valence-electron chi connectivity index (χ3n) is 7.41. The lowest BCUT2D eigenvalue weighted by molar-refractivity contribution is -0.155. The highest BCUT2D eigenvalue weighted by Gasteiger charge is 2.56. The van der Waals surface area contributed by atoms with E-state index >= 15 is 0 Å². The van der Waals surface area contributed by atoms with Crippen LogP contribution in [0.25, 0.3) is 0 Å². The lowest BCUT2D eigenvalue weighted by atomic mass is 9.75. The largest absolute Gasteiger partial charge is 0.497 e. The van der Waals surface area contributed by atoms with Crippen LogP contribution in [0.2, 0.25) is 0 Å². The third-order valence-corrected chi connectivity index (χ3v) is 7.41. The fraction of sp³-hybridized carbons (Fsp3) is 0.600. The number of methoxy groups -OCH3 is 2. The Kier molecular flexibility index (Phi) is 6.72. The van der Waals surface area contributed by atoms with Crippen LogP contribution in [0.4, 0.5) is 0 Å². The molecule has 1 aliphatic carbocycles. The van der Waals surface area contributed by atoms with E-state index in [-0.39, 0.29) is 36.6 Å². The quantitative estimate of drug-likeness (QED) is 0.483. The minimum absolute atomic E-state index is 0.0576. The molecule has 2 unspecified atom stereocenters. The fourth-order valence-electron chi connectivity index (χ4n) is 5.65. The Labute approximate surface area is 194 Å². The van der Waals surface area contributed by atoms with Crippen molar-refractivity contribution < 1.29 is 28.7 Å². The first-order valence-corrected chi connectivity index (χ1v) is 11.8. The molecule has 33 heavy (non-hydrogen) atoms. The minimum atomic E-state index is -1.30. The van der Waals surface area contributed by atoms with Crippen LogP contribution in [0.5, 0.6) is 5.75 Å². The Hall–Kier alpha value is -2.90. The van der Waals surface area contributed by atoms with E-state index in [2.05, 4.69) is 0 Å². The second-order valence-electron chi connectivity index (χ2n) is 9.30. The van der Waals surface area contributed by atoms with Crippen molar-refractivity contribution in [1.82, 2.24) is 9.80 Å². The van der Waals surface area contributed by atoms with Crippen molar-refractivity contribution in [3.63, 3.8) is 0 Å². The van der Waals surface area contributed by atoms with Crippen molar-refractivity contribution in [1.29, 1.82) is 0 Å². The van der Waals surface area contributed by atoms with Gasteiger partial charge in [-0.15, -0.1) is 0 Å². The highest BCUT2D eigenvalue weighted by molar-refractivity contribution is 6.11. The molecule has 0 N–H and O–H groups in total. The van der Waals surface area contributed by atoms with E-state index in [1.807, 2.05) is 0 Å². The Bertz CT molecular complexity index is 941. The number of hydrogen-bond acceptors (Lipinski definition) is 6. The molecule has 2 aliphatic heterocycles. The van der Waals surface area contributed by atoms with Gasteiger partial charge in [0.2, 0.25) is 17.7 Å². The first-order valence-electron chi connectivity index (χ1n) is 11.8. The SMILES string of the molecule is COC(=O)C1CCCCN1C(=O)CC1(c2cccc(OC)c2)CC(=O)N(C2CCCC2)C1=O. The van der Waals surface area contributed by atoms with Crippen molar-refractivity contribution in [2.75, 3.05) is 20.8 Å². The van der Waals surface area contributed by atoms with E-state index < -0.39 is 17.4 Å². The van der Waals surface area contributed by atoms with E-state index in [1.165, 1.54) is 24.0 Å². The molecule has 2 saturated heterocycles. The number of benzene rings is 1. The summed E-state index contributed by atoms with van der Waals surface area (Å²) in [5.41, 5.74) is -0.704. The molecule has 0 bridgehead atoms. The Morgan fingerprint density at radius 3 is 2.48 bits per heavy atom. The van der Waals surface area contributed by atoms with Gasteiger partial charge < -0.3 is 14.4 Å². The first-order chi connectivity index (χ1) is 15.9. The van der Waals surface area contributed by atoms with Gasteiger partial charge in [-0.1, -0.05) is 25.0 Å². The predicted octanol–water partition coefficient (Wildman–Crippen LogP) is 2.58. The number of ether oxygens (including phenoxy) is 2. The molecular weight excluding hydrogens is 424 g/mol. The number of imide groups is 1. The van der Waals surface area contributed by atoms with Crippen LogP contribution in [0.3, 0.4) is 0 Å². The molecule has 1 aromatic carbocycles. The highest BCUT2D eigenvalue weighted by atomic mass is 16.5. The summed E-state index contributed by atoms with van der Waals surface area (Å²) >= 11 is 0. The minimum Gasteiger partial charge on any atom is -0.497 e. The number of rotatable bonds is 6. The number of hydrogen-bond donors (Lipinski definition) is 0. The zero-order valence-corrected chi connectivity index (χ0v) is 19.4. The maximum absolute atomic E-state index is 13.9. The summed E-state index contributed by atoms with van der Waals surface area (Å²) in [6, 6.07) is 6.31. The molecule has 3 aliphatic rings. The number of carbonyl (C=O) groups excluding carboxylic acids is 4. The third kappa shape index (κ3) is 4.23. The summed E-state index contributed by atoms with van der Waals surface area (Å²) in [7, 11) is 2.86. The standard InChI is InChI=1S/C25H32N2O6/c1-32-19-11-7-8-17(14-19)25(16-22(29)27(24(25)31)18-9-3-4-10-18)15-21(28)26-13-6-5-12-20(26)23(30)33-2/h7-8,11,14,18,20H,3-6,9-10,12-13,15-16H2,1-2H3. The summed E-state index contributed by atoms with van der Waals surface area (Å²) in [5.74, 6) is -0.732. The maximum atomic E-state index is 13.9. The molecule has 1 saturated carbocycles. The number of piperidine rings is 1. The Morgan fingerprint density at radius 2 is 1.79 bits per heavy atom. The van der Waals surface area contributed by atoms with E-state index in [0.717, 1.165) is 38.5 Å². The number of carbonyl (C=O) groups is 4. The van der Waals surface area contributed by atoms with Crippen LogP contribution in [0, 0.1) is 0 Å². The monoisotopic (exact) mass is 456 g/mol. The molecule has 8 heteroatoms. The summed E-state index contributed by atoms with van der Waals surface area (Å²) in [6.07, 6.45) is 5.50. The Balaban J connectivity index is 1.70. The van der Waals surface area contributed by atoms with Gasteiger partial charge >= 0.3 is 5.97 Å². The highest BCUT2D eigenvalue weighted by Crippen LogP contribution is 2.44. The van der Waals surface area contributed by atoms with Crippen LogP contribution < -0.4 is 4.74 Å². The van der Waals surface area contributed by atoms with Gasteiger partial charge in [-0.3, -0.25) is 19.3 Å². The normalized spacial score (nSPS) is 26.1. The van der Waals surface area contributed by atoms with Crippen LogP contribution in [-0.4, -0.2) is 66.3 Å². The molecule has 0 aromatic heterocycles. The topological polar surface area (TPSA) is 93.2 Å². The average Bonchev–Trinajstić information content (AvgIpc) is 3.45.